The van der Waals surface area contributed by atoms with E-state index in [1.807, 2.05) is 13.0 Å². The van der Waals surface area contributed by atoms with Crippen LogP contribution in [0, 0.1) is 13.8 Å². The smallest absolute Gasteiger partial charge is 0.326 e. The molecule has 2 rings (SSSR count). The van der Waals surface area contributed by atoms with Gasteiger partial charge in [-0.1, -0.05) is 23.4 Å². The molecule has 1 atom stereocenters. The summed E-state index contributed by atoms with van der Waals surface area (Å²) in [6.45, 7) is 3.58. The summed E-state index contributed by atoms with van der Waals surface area (Å²) in [4.78, 5) is 11.5. The molecule has 0 saturated carbocycles. The average molecular weight is 324 g/mol. The number of nitrogens with zero attached hydrogens (tertiary/aromatic N) is 3. The molecular weight excluding hydrogens is 308 g/mol. The summed E-state index contributed by atoms with van der Waals surface area (Å²) in [6.07, 6.45) is 1.06. The van der Waals surface area contributed by atoms with Crippen LogP contribution in [-0.2, 0) is 21.9 Å². The Labute approximate surface area is 127 Å². The molecule has 0 aliphatic heterocycles. The van der Waals surface area contributed by atoms with Crippen LogP contribution < -0.4 is 4.72 Å². The Balaban J connectivity index is 2.45. The van der Waals surface area contributed by atoms with E-state index >= 15 is 0 Å². The van der Waals surface area contributed by atoms with Crippen molar-refractivity contribution in [3.05, 3.63) is 41.1 Å². The molecule has 22 heavy (non-hydrogen) atoms. The number of carboxylic acid groups (broad SMARTS) is 1. The standard InChI is InChI=1S/C13H16N4O4S/c1-8-5-4-6-10(9(8)2)12(13(18)19)15-22(20,21)11-7-14-16-17(11)3/h4-7,12,15H,1-3H3,(H,18,19). The van der Waals surface area contributed by atoms with Gasteiger partial charge >= 0.3 is 5.97 Å². The third-order valence-electron chi connectivity index (χ3n) is 3.43. The number of rotatable bonds is 5. The van der Waals surface area contributed by atoms with Crippen molar-refractivity contribution >= 4 is 16.0 Å². The fraction of sp³-hybridized carbons (Fsp3) is 0.308. The Morgan fingerprint density at radius 2 is 2.05 bits per heavy atom. The third-order valence-corrected chi connectivity index (χ3v) is 4.89. The Kier molecular flexibility index (Phi) is 4.29. The molecule has 0 amide bonds. The van der Waals surface area contributed by atoms with Gasteiger partial charge in [0.2, 0.25) is 0 Å². The number of benzene rings is 1. The monoisotopic (exact) mass is 324 g/mol. The molecule has 0 bridgehead atoms. The number of aliphatic carboxylic acids is 1. The fourth-order valence-electron chi connectivity index (χ4n) is 2.07. The topological polar surface area (TPSA) is 114 Å². The van der Waals surface area contributed by atoms with Crippen LogP contribution in [0.15, 0.2) is 29.4 Å². The van der Waals surface area contributed by atoms with Crippen molar-refractivity contribution in [3.63, 3.8) is 0 Å². The summed E-state index contributed by atoms with van der Waals surface area (Å²) in [5.74, 6) is -1.28. The molecule has 2 aromatic rings. The van der Waals surface area contributed by atoms with Gasteiger partial charge in [0.15, 0.2) is 5.03 Å². The maximum Gasteiger partial charge on any atom is 0.326 e. The van der Waals surface area contributed by atoms with Gasteiger partial charge in [-0.05, 0) is 30.5 Å². The van der Waals surface area contributed by atoms with Gasteiger partial charge in [0, 0.05) is 7.05 Å². The van der Waals surface area contributed by atoms with Crippen molar-refractivity contribution < 1.29 is 18.3 Å². The second kappa shape index (κ2) is 5.85. The highest BCUT2D eigenvalue weighted by atomic mass is 32.2. The van der Waals surface area contributed by atoms with E-state index in [1.54, 1.807) is 19.1 Å². The van der Waals surface area contributed by atoms with Crippen LogP contribution in [-0.4, -0.2) is 34.5 Å². The second-order valence-corrected chi connectivity index (χ2v) is 6.54. The summed E-state index contributed by atoms with van der Waals surface area (Å²) >= 11 is 0. The zero-order valence-electron chi connectivity index (χ0n) is 12.3. The summed E-state index contributed by atoms with van der Waals surface area (Å²) in [5.41, 5.74) is 2.00. The van der Waals surface area contributed by atoms with Crippen LogP contribution in [0.25, 0.3) is 0 Å². The molecule has 1 unspecified atom stereocenters. The largest absolute Gasteiger partial charge is 0.480 e. The molecule has 0 aliphatic rings. The number of carboxylic acids is 1. The van der Waals surface area contributed by atoms with Gasteiger partial charge in [0.25, 0.3) is 10.0 Å². The van der Waals surface area contributed by atoms with Crippen molar-refractivity contribution in [1.82, 2.24) is 19.7 Å². The lowest BCUT2D eigenvalue weighted by atomic mass is 9.98. The molecule has 0 aliphatic carbocycles. The van der Waals surface area contributed by atoms with Gasteiger partial charge in [-0.3, -0.25) is 4.79 Å². The summed E-state index contributed by atoms with van der Waals surface area (Å²) in [7, 11) is -2.65. The first-order chi connectivity index (χ1) is 10.2. The average Bonchev–Trinajstić information content (AvgIpc) is 2.86. The lowest BCUT2D eigenvalue weighted by Crippen LogP contribution is -2.35. The highest BCUT2D eigenvalue weighted by Gasteiger charge is 2.30. The van der Waals surface area contributed by atoms with Crippen LogP contribution >= 0.6 is 0 Å². The fourth-order valence-corrected chi connectivity index (χ4v) is 3.30. The molecule has 1 heterocycles. The number of aromatic nitrogens is 3. The Hall–Kier alpha value is -2.26. The van der Waals surface area contributed by atoms with Crippen LogP contribution in [0.1, 0.15) is 22.7 Å². The zero-order valence-corrected chi connectivity index (χ0v) is 13.1. The molecule has 8 nitrogen and oxygen atoms in total. The second-order valence-electron chi connectivity index (χ2n) is 4.88. The molecule has 118 valence electrons. The van der Waals surface area contributed by atoms with Crippen LogP contribution in [0.5, 0.6) is 0 Å². The molecule has 0 saturated heterocycles. The molecule has 9 heteroatoms. The van der Waals surface area contributed by atoms with Gasteiger partial charge in [-0.15, -0.1) is 5.10 Å². The number of sulfonamides is 1. The number of nitrogens with one attached hydrogen (secondary N) is 1. The predicted octanol–water partition coefficient (Wildman–Crippen LogP) is 0.536. The minimum Gasteiger partial charge on any atom is -0.480 e. The van der Waals surface area contributed by atoms with E-state index in [-0.39, 0.29) is 5.03 Å². The molecule has 2 N–H and O–H groups in total. The normalized spacial score (nSPS) is 13.0. The van der Waals surface area contributed by atoms with E-state index < -0.39 is 22.0 Å². The first-order valence-electron chi connectivity index (χ1n) is 6.40. The zero-order chi connectivity index (χ0) is 16.5. The molecule has 0 spiro atoms. The highest BCUT2D eigenvalue weighted by molar-refractivity contribution is 7.89. The third kappa shape index (κ3) is 3.00. The maximum absolute atomic E-state index is 12.3. The number of carbonyl (C=O) groups is 1. The highest BCUT2D eigenvalue weighted by Crippen LogP contribution is 2.22. The van der Waals surface area contributed by atoms with E-state index in [4.69, 9.17) is 0 Å². The van der Waals surface area contributed by atoms with Crippen LogP contribution in [0.3, 0.4) is 0 Å². The van der Waals surface area contributed by atoms with E-state index in [0.717, 1.165) is 22.0 Å². The predicted molar refractivity (Wildman–Crippen MR) is 77.6 cm³/mol. The van der Waals surface area contributed by atoms with Crippen LogP contribution in [0.2, 0.25) is 0 Å². The summed E-state index contributed by atoms with van der Waals surface area (Å²) < 4.78 is 27.9. The quantitative estimate of drug-likeness (QED) is 0.829. The van der Waals surface area contributed by atoms with Gasteiger partial charge in [0.05, 0.1) is 6.20 Å². The first-order valence-corrected chi connectivity index (χ1v) is 7.88. The minimum absolute atomic E-state index is 0.205. The van der Waals surface area contributed by atoms with E-state index in [0.29, 0.717) is 5.56 Å². The van der Waals surface area contributed by atoms with Gasteiger partial charge in [0.1, 0.15) is 6.04 Å². The van der Waals surface area contributed by atoms with Crippen molar-refractivity contribution in [2.75, 3.05) is 0 Å². The molecule has 1 aromatic heterocycles. The molecule has 0 radical (unpaired) electrons. The van der Waals surface area contributed by atoms with Crippen molar-refractivity contribution in [2.45, 2.75) is 24.9 Å². The van der Waals surface area contributed by atoms with Crippen molar-refractivity contribution in [3.8, 4) is 0 Å². The number of hydrogen-bond donors (Lipinski definition) is 2. The molecule has 0 fully saturated rings. The maximum atomic E-state index is 12.3. The van der Waals surface area contributed by atoms with Gasteiger partial charge in [-0.25, -0.2) is 13.1 Å². The summed E-state index contributed by atoms with van der Waals surface area (Å²) in [6, 6.07) is 3.72. The SMILES string of the molecule is Cc1cccc(C(NS(=O)(=O)c2cnnn2C)C(=O)O)c1C. The van der Waals surface area contributed by atoms with Crippen molar-refractivity contribution in [1.29, 1.82) is 0 Å². The lowest BCUT2D eigenvalue weighted by molar-refractivity contribution is -0.139. The van der Waals surface area contributed by atoms with Gasteiger partial charge < -0.3 is 5.11 Å². The van der Waals surface area contributed by atoms with Crippen LogP contribution in [0.4, 0.5) is 0 Å². The summed E-state index contributed by atoms with van der Waals surface area (Å²) in [5, 5.41) is 16.2. The van der Waals surface area contributed by atoms with E-state index in [1.165, 1.54) is 7.05 Å². The number of hydrogen-bond acceptors (Lipinski definition) is 5. The van der Waals surface area contributed by atoms with Gasteiger partial charge in [-0.2, -0.15) is 4.72 Å². The molecular formula is C13H16N4O4S. The minimum atomic E-state index is -4.06. The van der Waals surface area contributed by atoms with E-state index in [2.05, 4.69) is 15.0 Å². The van der Waals surface area contributed by atoms with Crippen molar-refractivity contribution in [2.24, 2.45) is 7.05 Å². The van der Waals surface area contributed by atoms with E-state index in [9.17, 15) is 18.3 Å². The number of aryl methyl sites for hydroxylation is 2. The first kappa shape index (κ1) is 16.1. The molecule has 1 aromatic carbocycles. The lowest BCUT2D eigenvalue weighted by Gasteiger charge is -2.18. The Bertz CT molecular complexity index is 813. The Morgan fingerprint density at radius 1 is 1.36 bits per heavy atom. The Morgan fingerprint density at radius 3 is 2.59 bits per heavy atom.